The highest BCUT2D eigenvalue weighted by atomic mass is 15.0. The maximum absolute atomic E-state index is 5.39. The van der Waals surface area contributed by atoms with Crippen molar-refractivity contribution >= 4 is 65.4 Å². The molecule has 11 aromatic rings. The lowest BCUT2D eigenvalue weighted by Gasteiger charge is -2.38. The first-order valence-corrected chi connectivity index (χ1v) is 21.1. The average molecular weight is 776 g/mol. The molecule has 0 N–H and O–H groups in total. The number of benzene rings is 10. The number of aromatic nitrogens is 1. The van der Waals surface area contributed by atoms with Gasteiger partial charge in [0.2, 0.25) is 0 Å². The van der Waals surface area contributed by atoms with Crippen molar-refractivity contribution in [2.45, 2.75) is 6.04 Å². The van der Waals surface area contributed by atoms with Crippen LogP contribution in [0, 0.1) is 0 Å². The van der Waals surface area contributed by atoms with Gasteiger partial charge in [0.1, 0.15) is 0 Å². The lowest BCUT2D eigenvalue weighted by atomic mass is 9.88. The maximum atomic E-state index is 5.39. The van der Waals surface area contributed by atoms with Gasteiger partial charge in [-0.05, 0) is 84.8 Å². The van der Waals surface area contributed by atoms with Crippen molar-refractivity contribution in [3.05, 3.63) is 253 Å². The Bertz CT molecular complexity index is 3500. The second-order valence-corrected chi connectivity index (χ2v) is 16.0. The van der Waals surface area contributed by atoms with Crippen LogP contribution in [0.2, 0.25) is 0 Å². The molecule has 0 aliphatic carbocycles. The van der Waals surface area contributed by atoms with E-state index in [1.807, 2.05) is 0 Å². The van der Waals surface area contributed by atoms with Crippen LogP contribution >= 0.6 is 0 Å². The molecular weight excluding hydrogens is 737 g/mol. The van der Waals surface area contributed by atoms with Crippen molar-refractivity contribution in [1.29, 1.82) is 0 Å². The molecule has 286 valence electrons. The number of rotatable bonds is 6. The minimum absolute atomic E-state index is 0.134. The number of fused-ring (bicyclic) bond motifs is 10. The van der Waals surface area contributed by atoms with Crippen LogP contribution in [0.3, 0.4) is 0 Å². The van der Waals surface area contributed by atoms with E-state index in [4.69, 9.17) is 5.32 Å². The Hall–Kier alpha value is -7.94. The van der Waals surface area contributed by atoms with E-state index >= 15 is 0 Å². The first kappa shape index (κ1) is 35.0. The average Bonchev–Trinajstić information content (AvgIpc) is 3.70. The molecule has 0 bridgehead atoms. The summed E-state index contributed by atoms with van der Waals surface area (Å²) in [5.41, 5.74) is 14.1. The van der Waals surface area contributed by atoms with E-state index < -0.39 is 0 Å². The molecule has 61 heavy (non-hydrogen) atoms. The van der Waals surface area contributed by atoms with Crippen LogP contribution in [0.5, 0.6) is 0 Å². The van der Waals surface area contributed by atoms with E-state index in [1.54, 1.807) is 0 Å². The number of hydrogen-bond donors (Lipinski definition) is 0. The monoisotopic (exact) mass is 775 g/mol. The van der Waals surface area contributed by atoms with Gasteiger partial charge in [0.25, 0.3) is 0 Å². The molecule has 1 atom stereocenters. The lowest BCUT2D eigenvalue weighted by molar-refractivity contribution is 1.04. The van der Waals surface area contributed by atoms with E-state index in [1.165, 1.54) is 93.2 Å². The number of para-hydroxylation sites is 2. The van der Waals surface area contributed by atoms with Crippen molar-refractivity contribution in [3.8, 4) is 27.9 Å². The molecule has 1 unspecified atom stereocenters. The Kier molecular flexibility index (Phi) is 8.28. The highest BCUT2D eigenvalue weighted by Crippen LogP contribution is 2.47. The Labute approximate surface area is 355 Å². The summed E-state index contributed by atoms with van der Waals surface area (Å²) in [6.45, 7) is 0. The molecule has 0 amide bonds. The molecule has 0 spiro atoms. The molecule has 0 saturated carbocycles. The van der Waals surface area contributed by atoms with Crippen molar-refractivity contribution in [2.24, 2.45) is 0 Å². The van der Waals surface area contributed by atoms with Gasteiger partial charge >= 0.3 is 0 Å². The molecule has 0 radical (unpaired) electrons. The summed E-state index contributed by atoms with van der Waals surface area (Å²) >= 11 is 0. The highest BCUT2D eigenvalue weighted by molar-refractivity contribution is 6.38. The van der Waals surface area contributed by atoms with Crippen LogP contribution in [-0.4, -0.2) is 4.57 Å². The third-order valence-corrected chi connectivity index (χ3v) is 12.5. The molecule has 1 aliphatic rings. The van der Waals surface area contributed by atoms with Crippen molar-refractivity contribution < 1.29 is 0 Å². The topological polar surface area (TPSA) is 19.0 Å². The summed E-state index contributed by atoms with van der Waals surface area (Å²) in [4.78, 5) is 0. The predicted octanol–water partition coefficient (Wildman–Crippen LogP) is 16.1. The van der Waals surface area contributed by atoms with Gasteiger partial charge in [-0.25, -0.2) is 0 Å². The molecule has 1 aromatic heterocycles. The van der Waals surface area contributed by atoms with Gasteiger partial charge < -0.3 is 9.88 Å². The van der Waals surface area contributed by atoms with Crippen LogP contribution in [0.15, 0.2) is 231 Å². The zero-order chi connectivity index (χ0) is 40.3. The van der Waals surface area contributed by atoms with Gasteiger partial charge in [-0.3, -0.25) is 0 Å². The predicted molar refractivity (Wildman–Crippen MR) is 259 cm³/mol. The minimum atomic E-state index is -0.134. The van der Waals surface area contributed by atoms with Crippen molar-refractivity contribution in [3.63, 3.8) is 0 Å². The molecule has 2 nitrogen and oxygen atoms in total. The molecule has 1 aliphatic heterocycles. The Morgan fingerprint density at radius 1 is 0.377 bits per heavy atom. The summed E-state index contributed by atoms with van der Waals surface area (Å²) in [5, 5.41) is 15.5. The summed E-state index contributed by atoms with van der Waals surface area (Å²) < 4.78 is 2.46. The zero-order valence-corrected chi connectivity index (χ0v) is 33.4. The SMILES string of the molecule is C1=C(c2ccccc2)C=C(c2ccc(-c3ccccc3)cc2)[N-]C1c1ccc(-c2cc3c4ccccc4c4c(c5ccccc5n4-c4ccccc4)c3c3ccccc23)cc1. The first-order valence-electron chi connectivity index (χ1n) is 21.1. The van der Waals surface area contributed by atoms with E-state index in [9.17, 15) is 0 Å². The Balaban J connectivity index is 0.997. The summed E-state index contributed by atoms with van der Waals surface area (Å²) in [5.74, 6) is 0. The third-order valence-electron chi connectivity index (χ3n) is 12.5. The molecule has 0 saturated heterocycles. The van der Waals surface area contributed by atoms with Crippen LogP contribution in [0.4, 0.5) is 0 Å². The van der Waals surface area contributed by atoms with Crippen LogP contribution in [0.1, 0.15) is 22.7 Å². The molecule has 2 heteroatoms. The van der Waals surface area contributed by atoms with Gasteiger partial charge in [-0.1, -0.05) is 218 Å². The first-order chi connectivity index (χ1) is 30.3. The van der Waals surface area contributed by atoms with Gasteiger partial charge in [0.15, 0.2) is 0 Å². The molecule has 2 heterocycles. The number of nitrogens with zero attached hydrogens (tertiary/aromatic N) is 2. The quantitative estimate of drug-likeness (QED) is 0.150. The summed E-state index contributed by atoms with van der Waals surface area (Å²) in [7, 11) is 0. The molecule has 12 rings (SSSR count). The van der Waals surface area contributed by atoms with Crippen molar-refractivity contribution in [1.82, 2.24) is 4.57 Å². The van der Waals surface area contributed by atoms with Gasteiger partial charge in [0.05, 0.1) is 11.0 Å². The smallest absolute Gasteiger partial charge is 0.0626 e. The number of allylic oxidation sites excluding steroid dienone is 2. The second kappa shape index (κ2) is 14.4. The maximum Gasteiger partial charge on any atom is 0.0626 e. The van der Waals surface area contributed by atoms with E-state index in [0.29, 0.717) is 0 Å². The van der Waals surface area contributed by atoms with Gasteiger partial charge in [0, 0.05) is 27.2 Å². The lowest BCUT2D eigenvalue weighted by Crippen LogP contribution is -2.02. The fourth-order valence-electron chi connectivity index (χ4n) is 9.67. The zero-order valence-electron chi connectivity index (χ0n) is 33.4. The van der Waals surface area contributed by atoms with Crippen LogP contribution < -0.4 is 0 Å². The van der Waals surface area contributed by atoms with Crippen molar-refractivity contribution in [2.75, 3.05) is 0 Å². The largest absolute Gasteiger partial charge is 0.674 e. The normalized spacial score (nSPS) is 14.1. The highest BCUT2D eigenvalue weighted by Gasteiger charge is 2.22. The van der Waals surface area contributed by atoms with Gasteiger partial charge in [-0.15, -0.1) is 5.70 Å². The molecule has 0 fully saturated rings. The standard InChI is InChI=1S/C59H39N2/c1-4-16-39(17-5-1)41-28-32-43(33-29-41)54-36-45(40-18-6-2-7-19-40)37-55(60-54)44-34-30-42(31-35-44)52-38-53-48-23-11-13-25-50(48)59-58(57(53)49-24-12-10-22-47(49)52)51-26-14-15-27-56(51)61(59)46-20-8-3-9-21-46/h1-38,55H/q-1. The Morgan fingerprint density at radius 2 is 0.918 bits per heavy atom. The fourth-order valence-corrected chi connectivity index (χ4v) is 9.67. The van der Waals surface area contributed by atoms with E-state index in [2.05, 4.69) is 235 Å². The van der Waals surface area contributed by atoms with Crippen LogP contribution in [-0.2, 0) is 0 Å². The van der Waals surface area contributed by atoms with Gasteiger partial charge in [-0.2, -0.15) is 0 Å². The third kappa shape index (κ3) is 5.87. The summed E-state index contributed by atoms with van der Waals surface area (Å²) in [6, 6.07) is 79.1. The number of hydrogen-bond acceptors (Lipinski definition) is 0. The van der Waals surface area contributed by atoms with E-state index in [0.717, 1.165) is 16.8 Å². The fraction of sp³-hybridized carbons (Fsp3) is 0.0169. The van der Waals surface area contributed by atoms with E-state index in [-0.39, 0.29) is 6.04 Å². The second-order valence-electron chi connectivity index (χ2n) is 16.0. The molecular formula is C59H39N2-. The molecule has 10 aromatic carbocycles. The van der Waals surface area contributed by atoms with Crippen LogP contribution in [0.25, 0.3) is 98.7 Å². The minimum Gasteiger partial charge on any atom is -0.674 e. The summed E-state index contributed by atoms with van der Waals surface area (Å²) in [6.07, 6.45) is 4.54. The Morgan fingerprint density at radius 3 is 1.64 bits per heavy atom.